The third kappa shape index (κ3) is 5.83. The first-order chi connectivity index (χ1) is 9.90. The molecule has 0 amide bonds. The van der Waals surface area contributed by atoms with Crippen molar-refractivity contribution < 1.29 is 9.47 Å². The van der Waals surface area contributed by atoms with Gasteiger partial charge in [0.25, 0.3) is 0 Å². The maximum atomic E-state index is 5.83. The SMILES string of the molecule is CCCOc1ccccc1OCCCCCNC1CC1. The molecule has 20 heavy (non-hydrogen) atoms. The predicted octanol–water partition coefficient (Wildman–Crippen LogP) is 3.78. The van der Waals surface area contributed by atoms with Crippen LogP contribution in [0.4, 0.5) is 0 Å². The maximum Gasteiger partial charge on any atom is 0.161 e. The van der Waals surface area contributed by atoms with Crippen molar-refractivity contribution in [2.45, 2.75) is 51.5 Å². The molecule has 1 fully saturated rings. The zero-order valence-corrected chi connectivity index (χ0v) is 12.6. The van der Waals surface area contributed by atoms with E-state index in [9.17, 15) is 0 Å². The van der Waals surface area contributed by atoms with Crippen molar-refractivity contribution in [3.63, 3.8) is 0 Å². The van der Waals surface area contributed by atoms with E-state index in [1.54, 1.807) is 0 Å². The minimum atomic E-state index is 0.743. The van der Waals surface area contributed by atoms with E-state index in [0.29, 0.717) is 0 Å². The largest absolute Gasteiger partial charge is 0.490 e. The molecular formula is C17H27NO2. The molecule has 0 aliphatic heterocycles. The number of benzene rings is 1. The first-order valence-electron chi connectivity index (χ1n) is 7.98. The van der Waals surface area contributed by atoms with Gasteiger partial charge in [0.15, 0.2) is 11.5 Å². The fraction of sp³-hybridized carbons (Fsp3) is 0.647. The van der Waals surface area contributed by atoms with Crippen LogP contribution >= 0.6 is 0 Å². The number of hydrogen-bond donors (Lipinski definition) is 1. The lowest BCUT2D eigenvalue weighted by atomic mass is 10.2. The van der Waals surface area contributed by atoms with Gasteiger partial charge in [0.05, 0.1) is 13.2 Å². The lowest BCUT2D eigenvalue weighted by Crippen LogP contribution is -2.17. The van der Waals surface area contributed by atoms with E-state index < -0.39 is 0 Å². The summed E-state index contributed by atoms with van der Waals surface area (Å²) in [5.74, 6) is 1.74. The van der Waals surface area contributed by atoms with Crippen LogP contribution in [0.25, 0.3) is 0 Å². The fourth-order valence-electron chi connectivity index (χ4n) is 2.08. The van der Waals surface area contributed by atoms with Gasteiger partial charge in [-0.1, -0.05) is 19.1 Å². The van der Waals surface area contributed by atoms with Gasteiger partial charge in [-0.15, -0.1) is 0 Å². The van der Waals surface area contributed by atoms with Crippen molar-refractivity contribution in [3.8, 4) is 11.5 Å². The van der Waals surface area contributed by atoms with Crippen LogP contribution in [-0.2, 0) is 0 Å². The molecule has 0 unspecified atom stereocenters. The minimum Gasteiger partial charge on any atom is -0.490 e. The second kappa shape index (κ2) is 8.85. The average Bonchev–Trinajstić information content (AvgIpc) is 3.29. The van der Waals surface area contributed by atoms with E-state index >= 15 is 0 Å². The molecule has 3 nitrogen and oxygen atoms in total. The summed E-state index contributed by atoms with van der Waals surface area (Å²) >= 11 is 0. The van der Waals surface area contributed by atoms with E-state index in [2.05, 4.69) is 12.2 Å². The van der Waals surface area contributed by atoms with E-state index in [1.165, 1.54) is 25.7 Å². The van der Waals surface area contributed by atoms with E-state index in [-0.39, 0.29) is 0 Å². The van der Waals surface area contributed by atoms with Gasteiger partial charge in [0.2, 0.25) is 0 Å². The first-order valence-corrected chi connectivity index (χ1v) is 7.98. The Balaban J connectivity index is 1.57. The van der Waals surface area contributed by atoms with Crippen molar-refractivity contribution >= 4 is 0 Å². The quantitative estimate of drug-likeness (QED) is 0.624. The summed E-state index contributed by atoms with van der Waals surface area (Å²) in [6, 6.07) is 8.77. The molecule has 1 aromatic rings. The summed E-state index contributed by atoms with van der Waals surface area (Å²) < 4.78 is 11.5. The van der Waals surface area contributed by atoms with Gasteiger partial charge in [-0.2, -0.15) is 0 Å². The molecule has 3 heteroatoms. The van der Waals surface area contributed by atoms with Crippen LogP contribution in [0.2, 0.25) is 0 Å². The molecule has 112 valence electrons. The van der Waals surface area contributed by atoms with Gasteiger partial charge in [-0.25, -0.2) is 0 Å². The molecule has 0 heterocycles. The van der Waals surface area contributed by atoms with Crippen LogP contribution in [-0.4, -0.2) is 25.8 Å². The van der Waals surface area contributed by atoms with Gasteiger partial charge in [-0.3, -0.25) is 0 Å². The lowest BCUT2D eigenvalue weighted by molar-refractivity contribution is 0.263. The minimum absolute atomic E-state index is 0.743. The standard InChI is InChI=1S/C17H27NO2/c1-2-13-19-16-8-4-5-9-17(16)20-14-7-3-6-12-18-15-10-11-15/h4-5,8-9,15,18H,2-3,6-7,10-14H2,1H3. The summed E-state index contributed by atoms with van der Waals surface area (Å²) in [6.07, 6.45) is 7.33. The summed E-state index contributed by atoms with van der Waals surface area (Å²) in [5.41, 5.74) is 0. The number of rotatable bonds is 11. The lowest BCUT2D eigenvalue weighted by Gasteiger charge is -2.12. The van der Waals surface area contributed by atoms with Gasteiger partial charge in [0.1, 0.15) is 0 Å². The van der Waals surface area contributed by atoms with Crippen molar-refractivity contribution in [1.29, 1.82) is 0 Å². The molecule has 1 aliphatic rings. The third-order valence-electron chi connectivity index (χ3n) is 3.40. The Labute approximate surface area is 122 Å². The highest BCUT2D eigenvalue weighted by atomic mass is 16.5. The average molecular weight is 277 g/mol. The van der Waals surface area contributed by atoms with Crippen molar-refractivity contribution in [2.75, 3.05) is 19.8 Å². The predicted molar refractivity (Wildman–Crippen MR) is 82.6 cm³/mol. The molecule has 0 spiro atoms. The number of unbranched alkanes of at least 4 members (excludes halogenated alkanes) is 2. The van der Waals surface area contributed by atoms with Crippen LogP contribution in [0.5, 0.6) is 11.5 Å². The molecule has 2 rings (SSSR count). The van der Waals surface area contributed by atoms with Crippen LogP contribution in [0, 0.1) is 0 Å². The van der Waals surface area contributed by atoms with Crippen molar-refractivity contribution in [2.24, 2.45) is 0 Å². The highest BCUT2D eigenvalue weighted by molar-refractivity contribution is 5.39. The molecule has 0 radical (unpaired) electrons. The Morgan fingerprint density at radius 1 is 1.00 bits per heavy atom. The molecule has 1 saturated carbocycles. The summed E-state index contributed by atoms with van der Waals surface area (Å²) in [6.45, 7) is 4.78. The van der Waals surface area contributed by atoms with Crippen LogP contribution in [0.3, 0.4) is 0 Å². The van der Waals surface area contributed by atoms with E-state index in [4.69, 9.17) is 9.47 Å². The Bertz CT molecular complexity index is 377. The van der Waals surface area contributed by atoms with E-state index in [1.807, 2.05) is 24.3 Å². The zero-order chi connectivity index (χ0) is 14.0. The van der Waals surface area contributed by atoms with Crippen molar-refractivity contribution in [1.82, 2.24) is 5.32 Å². The highest BCUT2D eigenvalue weighted by Gasteiger charge is 2.19. The number of para-hydroxylation sites is 2. The van der Waals surface area contributed by atoms with Crippen molar-refractivity contribution in [3.05, 3.63) is 24.3 Å². The summed E-state index contributed by atoms with van der Waals surface area (Å²) in [5, 5.41) is 3.54. The first kappa shape index (κ1) is 15.2. The monoisotopic (exact) mass is 277 g/mol. The van der Waals surface area contributed by atoms with Gasteiger partial charge in [0, 0.05) is 6.04 Å². The molecule has 1 N–H and O–H groups in total. The molecule has 0 atom stereocenters. The third-order valence-corrected chi connectivity index (χ3v) is 3.40. The summed E-state index contributed by atoms with van der Waals surface area (Å²) in [4.78, 5) is 0. The second-order valence-electron chi connectivity index (χ2n) is 5.43. The number of ether oxygens (including phenoxy) is 2. The molecule has 0 aromatic heterocycles. The molecule has 1 aromatic carbocycles. The fourth-order valence-corrected chi connectivity index (χ4v) is 2.08. The second-order valence-corrected chi connectivity index (χ2v) is 5.43. The molecule has 1 aliphatic carbocycles. The zero-order valence-electron chi connectivity index (χ0n) is 12.6. The topological polar surface area (TPSA) is 30.5 Å². The number of nitrogens with one attached hydrogen (secondary N) is 1. The van der Waals surface area contributed by atoms with Gasteiger partial charge in [-0.05, 0) is 57.2 Å². The molecule has 0 saturated heterocycles. The Morgan fingerprint density at radius 2 is 1.70 bits per heavy atom. The number of hydrogen-bond acceptors (Lipinski definition) is 3. The Morgan fingerprint density at radius 3 is 2.35 bits per heavy atom. The van der Waals surface area contributed by atoms with Gasteiger partial charge >= 0.3 is 0 Å². The molecular weight excluding hydrogens is 250 g/mol. The smallest absolute Gasteiger partial charge is 0.161 e. The van der Waals surface area contributed by atoms with Crippen LogP contribution in [0.1, 0.15) is 45.4 Å². The van der Waals surface area contributed by atoms with Gasteiger partial charge < -0.3 is 14.8 Å². The Hall–Kier alpha value is -1.22. The Kier molecular flexibility index (Phi) is 6.72. The molecule has 0 bridgehead atoms. The van der Waals surface area contributed by atoms with Crippen LogP contribution < -0.4 is 14.8 Å². The van der Waals surface area contributed by atoms with Crippen LogP contribution in [0.15, 0.2) is 24.3 Å². The normalized spacial score (nSPS) is 14.2. The van der Waals surface area contributed by atoms with E-state index in [0.717, 1.165) is 50.1 Å². The highest BCUT2D eigenvalue weighted by Crippen LogP contribution is 2.26. The maximum absolute atomic E-state index is 5.83. The summed E-state index contributed by atoms with van der Waals surface area (Å²) in [7, 11) is 0.